The second kappa shape index (κ2) is 8.96. The van der Waals surface area contributed by atoms with E-state index >= 15 is 0 Å². The lowest BCUT2D eigenvalue weighted by Crippen LogP contribution is -2.22. The number of hydrogen-bond acceptors (Lipinski definition) is 4. The van der Waals surface area contributed by atoms with Gasteiger partial charge in [0, 0.05) is 35.5 Å². The number of nitrogens with zero attached hydrogens (tertiary/aromatic N) is 3. The van der Waals surface area contributed by atoms with Crippen LogP contribution in [0.4, 0.5) is 11.5 Å². The van der Waals surface area contributed by atoms with Crippen LogP contribution in [0.25, 0.3) is 16.9 Å². The molecule has 0 saturated heterocycles. The van der Waals surface area contributed by atoms with E-state index in [0.717, 1.165) is 39.7 Å². The topological polar surface area (TPSA) is 71.3 Å². The largest absolute Gasteiger partial charge is 0.348 e. The zero-order valence-corrected chi connectivity index (χ0v) is 18.2. The molecule has 3 aromatic carbocycles. The standard InChI is InChI=1S/C27H23N5O/c1-19-16-25-30-24(21-10-6-3-7-11-21)17-26(32(25)31-19)29-23-14-12-22(13-15-23)27(33)28-18-20-8-4-2-5-9-20/h2-17,29H,18H2,1H3,(H,28,33). The molecule has 5 aromatic rings. The zero-order valence-electron chi connectivity index (χ0n) is 18.2. The van der Waals surface area contributed by atoms with Crippen molar-refractivity contribution in [2.24, 2.45) is 0 Å². The first-order valence-electron chi connectivity index (χ1n) is 10.8. The number of hydrogen-bond donors (Lipinski definition) is 2. The summed E-state index contributed by atoms with van der Waals surface area (Å²) < 4.78 is 1.79. The summed E-state index contributed by atoms with van der Waals surface area (Å²) in [5, 5.41) is 10.9. The van der Waals surface area contributed by atoms with Crippen molar-refractivity contribution in [3.63, 3.8) is 0 Å². The lowest BCUT2D eigenvalue weighted by atomic mass is 10.1. The van der Waals surface area contributed by atoms with Gasteiger partial charge >= 0.3 is 0 Å². The summed E-state index contributed by atoms with van der Waals surface area (Å²) in [6.45, 7) is 2.44. The fourth-order valence-corrected chi connectivity index (χ4v) is 3.67. The summed E-state index contributed by atoms with van der Waals surface area (Å²) in [7, 11) is 0. The number of nitrogens with one attached hydrogen (secondary N) is 2. The fraction of sp³-hybridized carbons (Fsp3) is 0.0741. The summed E-state index contributed by atoms with van der Waals surface area (Å²) >= 11 is 0. The van der Waals surface area contributed by atoms with E-state index < -0.39 is 0 Å². The Labute approximate surface area is 191 Å². The van der Waals surface area contributed by atoms with Crippen molar-refractivity contribution in [3.8, 4) is 11.3 Å². The van der Waals surface area contributed by atoms with E-state index in [1.165, 1.54) is 0 Å². The number of anilines is 2. The van der Waals surface area contributed by atoms with E-state index in [1.54, 1.807) is 4.52 Å². The van der Waals surface area contributed by atoms with E-state index in [4.69, 9.17) is 4.98 Å². The number of rotatable bonds is 6. The van der Waals surface area contributed by atoms with Gasteiger partial charge in [0.15, 0.2) is 5.65 Å². The predicted octanol–water partition coefficient (Wildman–Crippen LogP) is 5.38. The van der Waals surface area contributed by atoms with Crippen LogP contribution in [-0.2, 0) is 6.54 Å². The number of amides is 1. The van der Waals surface area contributed by atoms with Gasteiger partial charge in [0.2, 0.25) is 0 Å². The number of aryl methyl sites for hydroxylation is 1. The summed E-state index contributed by atoms with van der Waals surface area (Å²) in [5.41, 5.74) is 6.09. The Balaban J connectivity index is 1.36. The summed E-state index contributed by atoms with van der Waals surface area (Å²) in [6, 6.07) is 31.3. The molecular formula is C27H23N5O. The highest BCUT2D eigenvalue weighted by molar-refractivity contribution is 5.94. The summed E-state index contributed by atoms with van der Waals surface area (Å²) in [4.78, 5) is 17.3. The molecule has 2 N–H and O–H groups in total. The molecule has 6 heteroatoms. The molecule has 0 atom stereocenters. The van der Waals surface area contributed by atoms with Gasteiger partial charge in [-0.2, -0.15) is 9.61 Å². The normalized spacial score (nSPS) is 10.8. The molecule has 0 aliphatic carbocycles. The molecule has 1 amide bonds. The van der Waals surface area contributed by atoms with Crippen LogP contribution in [0.15, 0.2) is 97.1 Å². The van der Waals surface area contributed by atoms with E-state index in [9.17, 15) is 4.79 Å². The minimum absolute atomic E-state index is 0.106. The summed E-state index contributed by atoms with van der Waals surface area (Å²) in [5.74, 6) is 0.694. The SMILES string of the molecule is Cc1cc2nc(-c3ccccc3)cc(Nc3ccc(C(=O)NCc4ccccc4)cc3)n2n1. The first-order chi connectivity index (χ1) is 16.2. The second-order valence-electron chi connectivity index (χ2n) is 7.82. The molecule has 0 spiro atoms. The van der Waals surface area contributed by atoms with Gasteiger partial charge in [0.1, 0.15) is 5.82 Å². The maximum atomic E-state index is 12.5. The first-order valence-corrected chi connectivity index (χ1v) is 10.8. The van der Waals surface area contributed by atoms with Crippen LogP contribution >= 0.6 is 0 Å². The van der Waals surface area contributed by atoms with Crippen LogP contribution in [0.3, 0.4) is 0 Å². The smallest absolute Gasteiger partial charge is 0.251 e. The van der Waals surface area contributed by atoms with Gasteiger partial charge in [-0.25, -0.2) is 4.98 Å². The van der Waals surface area contributed by atoms with Gasteiger partial charge in [-0.1, -0.05) is 60.7 Å². The van der Waals surface area contributed by atoms with Crippen molar-refractivity contribution >= 4 is 23.1 Å². The molecule has 5 rings (SSSR count). The van der Waals surface area contributed by atoms with Crippen molar-refractivity contribution in [1.29, 1.82) is 0 Å². The Morgan fingerprint density at radius 1 is 0.879 bits per heavy atom. The van der Waals surface area contributed by atoms with Gasteiger partial charge in [0.05, 0.1) is 11.4 Å². The third-order valence-electron chi connectivity index (χ3n) is 5.33. The number of carbonyl (C=O) groups is 1. The Morgan fingerprint density at radius 2 is 1.58 bits per heavy atom. The van der Waals surface area contributed by atoms with Gasteiger partial charge in [0.25, 0.3) is 5.91 Å². The highest BCUT2D eigenvalue weighted by Gasteiger charge is 2.11. The van der Waals surface area contributed by atoms with Crippen LogP contribution in [-0.4, -0.2) is 20.5 Å². The highest BCUT2D eigenvalue weighted by atomic mass is 16.1. The fourth-order valence-electron chi connectivity index (χ4n) is 3.67. The molecule has 0 aliphatic heterocycles. The maximum absolute atomic E-state index is 12.5. The van der Waals surface area contributed by atoms with Crippen molar-refractivity contribution in [1.82, 2.24) is 19.9 Å². The van der Waals surface area contributed by atoms with Gasteiger partial charge < -0.3 is 10.6 Å². The molecule has 0 aliphatic rings. The van der Waals surface area contributed by atoms with Crippen LogP contribution < -0.4 is 10.6 Å². The minimum Gasteiger partial charge on any atom is -0.348 e. The Morgan fingerprint density at radius 3 is 2.30 bits per heavy atom. The Hall–Kier alpha value is -4.45. The molecular weight excluding hydrogens is 410 g/mol. The summed E-state index contributed by atoms with van der Waals surface area (Å²) in [6.07, 6.45) is 0. The van der Waals surface area contributed by atoms with Crippen molar-refractivity contribution in [2.45, 2.75) is 13.5 Å². The Kier molecular flexibility index (Phi) is 5.55. The highest BCUT2D eigenvalue weighted by Crippen LogP contribution is 2.25. The molecule has 0 fully saturated rings. The zero-order chi connectivity index (χ0) is 22.6. The minimum atomic E-state index is -0.106. The molecule has 0 bridgehead atoms. The number of aromatic nitrogens is 3. The van der Waals surface area contributed by atoms with Gasteiger partial charge in [-0.15, -0.1) is 0 Å². The number of benzene rings is 3. The van der Waals surface area contributed by atoms with E-state index in [2.05, 4.69) is 15.7 Å². The third kappa shape index (κ3) is 4.60. The van der Waals surface area contributed by atoms with E-state index in [-0.39, 0.29) is 5.91 Å². The predicted molar refractivity (Wildman–Crippen MR) is 130 cm³/mol. The molecule has 33 heavy (non-hydrogen) atoms. The quantitative estimate of drug-likeness (QED) is 0.377. The monoisotopic (exact) mass is 433 g/mol. The maximum Gasteiger partial charge on any atom is 0.251 e. The molecule has 6 nitrogen and oxygen atoms in total. The van der Waals surface area contributed by atoms with Gasteiger partial charge in [-0.3, -0.25) is 4.79 Å². The van der Waals surface area contributed by atoms with Crippen LogP contribution in [0, 0.1) is 6.92 Å². The molecule has 2 heterocycles. The molecule has 0 saturated carbocycles. The van der Waals surface area contributed by atoms with Crippen LogP contribution in [0.1, 0.15) is 21.6 Å². The van der Waals surface area contributed by atoms with Crippen molar-refractivity contribution in [3.05, 3.63) is 114 Å². The van der Waals surface area contributed by atoms with Crippen molar-refractivity contribution < 1.29 is 4.79 Å². The van der Waals surface area contributed by atoms with Crippen molar-refractivity contribution in [2.75, 3.05) is 5.32 Å². The van der Waals surface area contributed by atoms with Crippen LogP contribution in [0.5, 0.6) is 0 Å². The van der Waals surface area contributed by atoms with E-state index in [1.807, 2.05) is 104 Å². The Bertz CT molecular complexity index is 1390. The average Bonchev–Trinajstić information content (AvgIpc) is 3.24. The molecule has 0 unspecified atom stereocenters. The number of carbonyl (C=O) groups excluding carboxylic acids is 1. The van der Waals surface area contributed by atoms with Crippen LogP contribution in [0.2, 0.25) is 0 Å². The van der Waals surface area contributed by atoms with E-state index in [0.29, 0.717) is 12.1 Å². The second-order valence-corrected chi connectivity index (χ2v) is 7.82. The lowest BCUT2D eigenvalue weighted by Gasteiger charge is -2.11. The lowest BCUT2D eigenvalue weighted by molar-refractivity contribution is 0.0951. The molecule has 2 aromatic heterocycles. The third-order valence-corrected chi connectivity index (χ3v) is 5.33. The average molecular weight is 434 g/mol. The van der Waals surface area contributed by atoms with Gasteiger partial charge in [-0.05, 0) is 36.8 Å². The first kappa shape index (κ1) is 20.5. The molecule has 0 radical (unpaired) electrons. The number of fused-ring (bicyclic) bond motifs is 1. The molecule has 162 valence electrons.